The highest BCUT2D eigenvalue weighted by Crippen LogP contribution is 2.23. The van der Waals surface area contributed by atoms with Crippen molar-refractivity contribution in [3.05, 3.63) is 64.5 Å². The summed E-state index contributed by atoms with van der Waals surface area (Å²) in [5.41, 5.74) is 1.30. The number of methoxy groups -OCH3 is 1. The maximum Gasteiger partial charge on any atom is 0.293 e. The second-order valence-corrected chi connectivity index (χ2v) is 6.65. The lowest BCUT2D eigenvalue weighted by atomic mass is 10.3. The molecule has 4 rings (SSSR count). The second-order valence-electron chi connectivity index (χ2n) is 5.71. The monoisotopic (exact) mass is 381 g/mol. The molecular weight excluding hydrogens is 366 g/mol. The molecule has 3 heterocycles. The molecule has 0 aliphatic heterocycles. The molecule has 0 fully saturated rings. The average molecular weight is 381 g/mol. The lowest BCUT2D eigenvalue weighted by molar-refractivity contribution is -0.117. The second kappa shape index (κ2) is 7.04. The lowest BCUT2D eigenvalue weighted by Gasteiger charge is -2.07. The van der Waals surface area contributed by atoms with Crippen LogP contribution in [0, 0.1) is 0 Å². The van der Waals surface area contributed by atoms with Gasteiger partial charge in [0.05, 0.1) is 12.0 Å². The Labute approximate surface area is 157 Å². The zero-order valence-electron chi connectivity index (χ0n) is 14.3. The maximum atomic E-state index is 12.6. The Morgan fingerprint density at radius 3 is 2.78 bits per heavy atom. The zero-order valence-corrected chi connectivity index (χ0v) is 15.1. The Hall–Kier alpha value is -3.46. The van der Waals surface area contributed by atoms with Gasteiger partial charge in [-0.25, -0.2) is 9.20 Å². The van der Waals surface area contributed by atoms with Crippen LogP contribution in [0.5, 0.6) is 5.75 Å². The summed E-state index contributed by atoms with van der Waals surface area (Å²) in [6, 6.07) is 12.5. The topological polar surface area (TPSA) is 90.5 Å². The van der Waals surface area contributed by atoms with E-state index in [4.69, 9.17) is 4.74 Å². The van der Waals surface area contributed by atoms with Crippen molar-refractivity contribution < 1.29 is 9.53 Å². The SMILES string of the molecule is COc1ccc(NC(=O)Cn2ncn3nc(-c4cccs4)cc3c2=O)cc1. The number of benzene rings is 1. The molecule has 0 unspecified atom stereocenters. The van der Waals surface area contributed by atoms with Gasteiger partial charge in [-0.05, 0) is 41.8 Å². The van der Waals surface area contributed by atoms with E-state index in [1.807, 2.05) is 17.5 Å². The zero-order chi connectivity index (χ0) is 18.8. The summed E-state index contributed by atoms with van der Waals surface area (Å²) >= 11 is 1.54. The molecule has 27 heavy (non-hydrogen) atoms. The van der Waals surface area contributed by atoms with Gasteiger partial charge in [-0.3, -0.25) is 9.59 Å². The van der Waals surface area contributed by atoms with Crippen molar-refractivity contribution in [1.82, 2.24) is 19.4 Å². The number of ether oxygens (including phenoxy) is 1. The largest absolute Gasteiger partial charge is 0.497 e. The number of hydrogen-bond donors (Lipinski definition) is 1. The van der Waals surface area contributed by atoms with Crippen molar-refractivity contribution in [2.24, 2.45) is 0 Å². The number of anilines is 1. The summed E-state index contributed by atoms with van der Waals surface area (Å²) in [6.45, 7) is -0.194. The lowest BCUT2D eigenvalue weighted by Crippen LogP contribution is -2.30. The quantitative estimate of drug-likeness (QED) is 0.573. The number of aromatic nitrogens is 4. The van der Waals surface area contributed by atoms with E-state index in [-0.39, 0.29) is 18.0 Å². The van der Waals surface area contributed by atoms with Crippen LogP contribution in [0.15, 0.2) is 59.0 Å². The number of thiophene rings is 1. The van der Waals surface area contributed by atoms with Gasteiger partial charge < -0.3 is 10.1 Å². The van der Waals surface area contributed by atoms with Crippen LogP contribution < -0.4 is 15.6 Å². The van der Waals surface area contributed by atoms with Crippen LogP contribution in [0.1, 0.15) is 0 Å². The normalized spacial score (nSPS) is 10.9. The summed E-state index contributed by atoms with van der Waals surface area (Å²) in [5.74, 6) is 0.343. The van der Waals surface area contributed by atoms with Crippen LogP contribution in [0.4, 0.5) is 5.69 Å². The highest BCUT2D eigenvalue weighted by Gasteiger charge is 2.13. The van der Waals surface area contributed by atoms with Gasteiger partial charge in [0.2, 0.25) is 5.91 Å². The average Bonchev–Trinajstić information content (AvgIpc) is 3.34. The van der Waals surface area contributed by atoms with Crippen molar-refractivity contribution in [3.8, 4) is 16.3 Å². The van der Waals surface area contributed by atoms with E-state index in [9.17, 15) is 9.59 Å². The van der Waals surface area contributed by atoms with Crippen LogP contribution in [0.3, 0.4) is 0 Å². The number of nitrogens with zero attached hydrogens (tertiary/aromatic N) is 4. The molecule has 0 aliphatic carbocycles. The van der Waals surface area contributed by atoms with Gasteiger partial charge in [-0.15, -0.1) is 11.3 Å². The van der Waals surface area contributed by atoms with Crippen LogP contribution in [-0.4, -0.2) is 32.4 Å². The van der Waals surface area contributed by atoms with Crippen LogP contribution in [0.25, 0.3) is 16.1 Å². The van der Waals surface area contributed by atoms with Gasteiger partial charge in [0, 0.05) is 5.69 Å². The summed E-state index contributed by atoms with van der Waals surface area (Å²) in [5, 5.41) is 13.1. The van der Waals surface area contributed by atoms with Crippen LogP contribution in [0.2, 0.25) is 0 Å². The van der Waals surface area contributed by atoms with E-state index in [0.29, 0.717) is 22.6 Å². The maximum absolute atomic E-state index is 12.6. The minimum Gasteiger partial charge on any atom is -0.497 e. The van der Waals surface area contributed by atoms with E-state index >= 15 is 0 Å². The molecule has 1 amide bonds. The Bertz CT molecular complexity index is 1150. The fraction of sp³-hybridized carbons (Fsp3) is 0.111. The molecular formula is C18H15N5O3S. The van der Waals surface area contributed by atoms with Gasteiger partial charge in [0.25, 0.3) is 5.56 Å². The Balaban J connectivity index is 1.55. The number of rotatable bonds is 5. The molecule has 136 valence electrons. The summed E-state index contributed by atoms with van der Waals surface area (Å²) in [7, 11) is 1.57. The molecule has 1 N–H and O–H groups in total. The van der Waals surface area contributed by atoms with Crippen molar-refractivity contribution >= 4 is 28.4 Å². The standard InChI is InChI=1S/C18H15N5O3S/c1-26-13-6-4-12(5-7-13)20-17(24)10-22-18(25)15-9-14(16-3-2-8-27-16)21-23(15)11-19-22/h2-9,11H,10H2,1H3,(H,20,24). The molecule has 3 aromatic heterocycles. The molecule has 0 bridgehead atoms. The third kappa shape index (κ3) is 3.44. The third-order valence-corrected chi connectivity index (χ3v) is 4.82. The van der Waals surface area contributed by atoms with Crippen molar-refractivity contribution in [2.45, 2.75) is 6.54 Å². The molecule has 8 nitrogen and oxygen atoms in total. The Morgan fingerprint density at radius 2 is 2.07 bits per heavy atom. The van der Waals surface area contributed by atoms with E-state index in [1.54, 1.807) is 37.4 Å². The third-order valence-electron chi connectivity index (χ3n) is 3.93. The summed E-state index contributed by atoms with van der Waals surface area (Å²) in [4.78, 5) is 25.8. The smallest absolute Gasteiger partial charge is 0.293 e. The van der Waals surface area contributed by atoms with Gasteiger partial charge in [-0.2, -0.15) is 10.2 Å². The van der Waals surface area contributed by atoms with Crippen molar-refractivity contribution in [3.63, 3.8) is 0 Å². The first-order valence-electron chi connectivity index (χ1n) is 8.07. The van der Waals surface area contributed by atoms with Crippen LogP contribution >= 0.6 is 11.3 Å². The van der Waals surface area contributed by atoms with Gasteiger partial charge in [0.1, 0.15) is 29.8 Å². The Morgan fingerprint density at radius 1 is 1.26 bits per heavy atom. The first-order chi connectivity index (χ1) is 13.1. The molecule has 4 aromatic rings. The highest BCUT2D eigenvalue weighted by molar-refractivity contribution is 7.13. The van der Waals surface area contributed by atoms with E-state index < -0.39 is 0 Å². The molecule has 0 atom stereocenters. The molecule has 0 saturated heterocycles. The van der Waals surface area contributed by atoms with Crippen molar-refractivity contribution in [1.29, 1.82) is 0 Å². The first kappa shape index (κ1) is 17.0. The number of hydrogen-bond acceptors (Lipinski definition) is 6. The van der Waals surface area contributed by atoms with Gasteiger partial charge in [0.15, 0.2) is 0 Å². The predicted octanol–water partition coefficient (Wildman–Crippen LogP) is 2.27. The number of nitrogens with one attached hydrogen (secondary N) is 1. The van der Waals surface area contributed by atoms with Gasteiger partial charge >= 0.3 is 0 Å². The molecule has 0 aliphatic rings. The number of fused-ring (bicyclic) bond motifs is 1. The number of amides is 1. The minimum absolute atomic E-state index is 0.194. The highest BCUT2D eigenvalue weighted by atomic mass is 32.1. The first-order valence-corrected chi connectivity index (χ1v) is 8.95. The number of carbonyl (C=O) groups excluding carboxylic acids is 1. The molecule has 0 saturated carbocycles. The van der Waals surface area contributed by atoms with Crippen molar-refractivity contribution in [2.75, 3.05) is 12.4 Å². The van der Waals surface area contributed by atoms with E-state index in [1.165, 1.54) is 22.2 Å². The Kier molecular flexibility index (Phi) is 4.43. The van der Waals surface area contributed by atoms with E-state index in [2.05, 4.69) is 15.5 Å². The van der Waals surface area contributed by atoms with E-state index in [0.717, 1.165) is 9.56 Å². The van der Waals surface area contributed by atoms with Gasteiger partial charge in [-0.1, -0.05) is 6.07 Å². The fourth-order valence-corrected chi connectivity index (χ4v) is 3.29. The minimum atomic E-state index is -0.377. The molecule has 1 aromatic carbocycles. The molecule has 0 spiro atoms. The summed E-state index contributed by atoms with van der Waals surface area (Å²) < 4.78 is 7.62. The molecule has 9 heteroatoms. The summed E-state index contributed by atoms with van der Waals surface area (Å²) in [6.07, 6.45) is 1.43. The number of carbonyl (C=O) groups is 1. The van der Waals surface area contributed by atoms with Crippen LogP contribution in [-0.2, 0) is 11.3 Å². The fourth-order valence-electron chi connectivity index (χ4n) is 2.61. The molecule has 0 radical (unpaired) electrons. The predicted molar refractivity (Wildman–Crippen MR) is 102 cm³/mol.